The van der Waals surface area contributed by atoms with Crippen LogP contribution in [0.2, 0.25) is 0 Å². The first-order valence-corrected chi connectivity index (χ1v) is 9.84. The van der Waals surface area contributed by atoms with E-state index in [2.05, 4.69) is 27.7 Å². The number of hydrogen-bond acceptors (Lipinski definition) is 2. The molecule has 3 nitrogen and oxygen atoms in total. The van der Waals surface area contributed by atoms with Crippen molar-refractivity contribution in [3.05, 3.63) is 33.9 Å². The van der Waals surface area contributed by atoms with E-state index in [1.165, 1.54) is 29.5 Å². The van der Waals surface area contributed by atoms with Crippen LogP contribution in [0.3, 0.4) is 0 Å². The summed E-state index contributed by atoms with van der Waals surface area (Å²) in [6.45, 7) is 9.42. The normalized spacial score (nSPS) is 11.3. The highest BCUT2D eigenvalue weighted by Gasteiger charge is 2.20. The van der Waals surface area contributed by atoms with Crippen molar-refractivity contribution in [2.45, 2.75) is 79.1 Å². The Bertz CT molecular complexity index is 547. The van der Waals surface area contributed by atoms with E-state index in [-0.39, 0.29) is 0 Å². The second-order valence-electron chi connectivity index (χ2n) is 7.35. The third kappa shape index (κ3) is 6.47. The van der Waals surface area contributed by atoms with Gasteiger partial charge in [0.25, 0.3) is 0 Å². The van der Waals surface area contributed by atoms with Crippen LogP contribution in [0.5, 0.6) is 0 Å². The fourth-order valence-corrected chi connectivity index (χ4v) is 3.61. The first-order valence-electron chi connectivity index (χ1n) is 9.84. The Hall–Kier alpha value is -1.35. The van der Waals surface area contributed by atoms with Gasteiger partial charge in [-0.25, -0.2) is 4.79 Å². The second kappa shape index (κ2) is 11.3. The number of ether oxygens (including phenoxy) is 1. The molecular weight excluding hydrogens is 312 g/mol. The summed E-state index contributed by atoms with van der Waals surface area (Å²) < 4.78 is 5.25. The Balaban J connectivity index is 3.42. The van der Waals surface area contributed by atoms with Gasteiger partial charge >= 0.3 is 5.97 Å². The highest BCUT2D eigenvalue weighted by Crippen LogP contribution is 2.29. The third-order valence-corrected chi connectivity index (χ3v) is 4.77. The summed E-state index contributed by atoms with van der Waals surface area (Å²) in [4.78, 5) is 11.9. The minimum Gasteiger partial charge on any atom is -0.478 e. The van der Waals surface area contributed by atoms with Crippen LogP contribution in [0, 0.1) is 5.92 Å². The van der Waals surface area contributed by atoms with Crippen LogP contribution in [0.25, 0.3) is 0 Å². The maximum Gasteiger partial charge on any atom is 0.335 e. The number of carboxylic acid groups (broad SMARTS) is 1. The molecule has 0 saturated carbocycles. The Kier molecular flexibility index (Phi) is 9.81. The molecule has 1 aromatic rings. The average molecular weight is 349 g/mol. The van der Waals surface area contributed by atoms with Crippen molar-refractivity contribution in [1.82, 2.24) is 0 Å². The number of aryl methyl sites for hydroxylation is 1. The van der Waals surface area contributed by atoms with Crippen LogP contribution in [0.4, 0.5) is 0 Å². The summed E-state index contributed by atoms with van der Waals surface area (Å²) in [5, 5.41) is 9.75. The van der Waals surface area contributed by atoms with Crippen molar-refractivity contribution in [2.75, 3.05) is 13.7 Å². The van der Waals surface area contributed by atoms with Crippen molar-refractivity contribution >= 4 is 5.97 Å². The number of carbonyl (C=O) groups is 1. The molecule has 0 spiro atoms. The standard InChI is InChI=1S/C22H36O3/c1-6-9-17-15-21(22(23)24)20(13-14-25-5)19(10-7-2)18(17)12-8-11-16(3)4/h15-16H,6-14H2,1-5H3,(H,23,24). The zero-order valence-electron chi connectivity index (χ0n) is 16.8. The molecule has 1 N–H and O–H groups in total. The molecule has 0 aliphatic carbocycles. The van der Waals surface area contributed by atoms with E-state index in [0.717, 1.165) is 37.7 Å². The van der Waals surface area contributed by atoms with Crippen LogP contribution in [0.15, 0.2) is 6.07 Å². The maximum absolute atomic E-state index is 11.9. The predicted molar refractivity (Wildman–Crippen MR) is 105 cm³/mol. The lowest BCUT2D eigenvalue weighted by molar-refractivity contribution is 0.0695. The number of methoxy groups -OCH3 is 1. The Morgan fingerprint density at radius 3 is 2.24 bits per heavy atom. The van der Waals surface area contributed by atoms with E-state index in [1.54, 1.807) is 7.11 Å². The van der Waals surface area contributed by atoms with Crippen molar-refractivity contribution in [2.24, 2.45) is 5.92 Å². The minimum absolute atomic E-state index is 0.483. The predicted octanol–water partition coefficient (Wildman–Crippen LogP) is 5.46. The van der Waals surface area contributed by atoms with Crippen LogP contribution in [-0.2, 0) is 30.4 Å². The van der Waals surface area contributed by atoms with Gasteiger partial charge in [0.1, 0.15) is 0 Å². The molecule has 0 aromatic heterocycles. The fraction of sp³-hybridized carbons (Fsp3) is 0.682. The van der Waals surface area contributed by atoms with E-state index < -0.39 is 5.97 Å². The topological polar surface area (TPSA) is 46.5 Å². The molecule has 0 radical (unpaired) electrons. The zero-order chi connectivity index (χ0) is 18.8. The Morgan fingerprint density at radius 2 is 1.72 bits per heavy atom. The van der Waals surface area contributed by atoms with Crippen LogP contribution in [0.1, 0.15) is 86.0 Å². The molecule has 0 atom stereocenters. The highest BCUT2D eigenvalue weighted by molar-refractivity contribution is 5.90. The third-order valence-electron chi connectivity index (χ3n) is 4.77. The van der Waals surface area contributed by atoms with Crippen molar-refractivity contribution < 1.29 is 14.6 Å². The van der Waals surface area contributed by atoms with Gasteiger partial charge < -0.3 is 9.84 Å². The summed E-state index contributed by atoms with van der Waals surface area (Å²) in [5.41, 5.74) is 5.42. The van der Waals surface area contributed by atoms with Crippen LogP contribution < -0.4 is 0 Å². The number of hydrogen-bond donors (Lipinski definition) is 1. The molecule has 25 heavy (non-hydrogen) atoms. The second-order valence-corrected chi connectivity index (χ2v) is 7.35. The van der Waals surface area contributed by atoms with Gasteiger partial charge in [0.2, 0.25) is 0 Å². The van der Waals surface area contributed by atoms with Gasteiger partial charge in [-0.05, 0) is 66.3 Å². The van der Waals surface area contributed by atoms with Gasteiger partial charge in [-0.1, -0.05) is 47.0 Å². The van der Waals surface area contributed by atoms with Crippen molar-refractivity contribution in [3.8, 4) is 0 Å². The van der Waals surface area contributed by atoms with Gasteiger partial charge in [-0.15, -0.1) is 0 Å². The smallest absolute Gasteiger partial charge is 0.335 e. The first kappa shape index (κ1) is 21.7. The van der Waals surface area contributed by atoms with Crippen LogP contribution >= 0.6 is 0 Å². The molecule has 142 valence electrons. The monoisotopic (exact) mass is 348 g/mol. The lowest BCUT2D eigenvalue weighted by Crippen LogP contribution is -2.14. The van der Waals surface area contributed by atoms with Gasteiger partial charge in [0, 0.05) is 7.11 Å². The van der Waals surface area contributed by atoms with Crippen LogP contribution in [-0.4, -0.2) is 24.8 Å². The van der Waals surface area contributed by atoms with Gasteiger partial charge in [0.15, 0.2) is 0 Å². The number of carboxylic acids is 1. The molecule has 0 fully saturated rings. The van der Waals surface area contributed by atoms with Gasteiger partial charge in [-0.3, -0.25) is 0 Å². The summed E-state index contributed by atoms with van der Waals surface area (Å²) in [5.74, 6) is -0.106. The fourth-order valence-electron chi connectivity index (χ4n) is 3.61. The Labute approximate surface area is 153 Å². The molecule has 0 amide bonds. The maximum atomic E-state index is 11.9. The molecule has 0 aliphatic heterocycles. The van der Waals surface area contributed by atoms with Gasteiger partial charge in [0.05, 0.1) is 12.2 Å². The summed E-state index contributed by atoms with van der Waals surface area (Å²) >= 11 is 0. The quantitative estimate of drug-likeness (QED) is 0.546. The number of benzene rings is 1. The molecule has 3 heteroatoms. The first-order chi connectivity index (χ1) is 12.0. The molecule has 0 unspecified atom stereocenters. The summed E-state index contributed by atoms with van der Waals surface area (Å²) in [7, 11) is 1.68. The molecule has 0 bridgehead atoms. The average Bonchev–Trinajstić information content (AvgIpc) is 2.55. The van der Waals surface area contributed by atoms with Gasteiger partial charge in [-0.2, -0.15) is 0 Å². The summed E-state index contributed by atoms with van der Waals surface area (Å²) in [6.07, 6.45) is 8.10. The lowest BCUT2D eigenvalue weighted by atomic mass is 9.84. The molecule has 0 heterocycles. The zero-order valence-corrected chi connectivity index (χ0v) is 16.8. The molecule has 1 rings (SSSR count). The molecular formula is C22H36O3. The van der Waals surface area contributed by atoms with Crippen molar-refractivity contribution in [3.63, 3.8) is 0 Å². The summed E-state index contributed by atoms with van der Waals surface area (Å²) in [6, 6.07) is 1.95. The van der Waals surface area contributed by atoms with E-state index in [0.29, 0.717) is 24.5 Å². The largest absolute Gasteiger partial charge is 0.478 e. The van der Waals surface area contributed by atoms with E-state index in [4.69, 9.17) is 4.74 Å². The highest BCUT2D eigenvalue weighted by atomic mass is 16.5. The van der Waals surface area contributed by atoms with E-state index in [9.17, 15) is 9.90 Å². The lowest BCUT2D eigenvalue weighted by Gasteiger charge is -2.21. The SMILES string of the molecule is CCCc1cc(C(=O)O)c(CCOC)c(CCC)c1CCCC(C)C. The molecule has 1 aromatic carbocycles. The number of rotatable bonds is 12. The Morgan fingerprint density at radius 1 is 1.04 bits per heavy atom. The molecule has 0 aliphatic rings. The van der Waals surface area contributed by atoms with E-state index >= 15 is 0 Å². The van der Waals surface area contributed by atoms with E-state index in [1.807, 2.05) is 6.07 Å². The van der Waals surface area contributed by atoms with Crippen molar-refractivity contribution in [1.29, 1.82) is 0 Å². The number of aromatic carboxylic acids is 1. The minimum atomic E-state index is -0.811. The molecule has 0 saturated heterocycles.